The van der Waals surface area contributed by atoms with Gasteiger partial charge in [0, 0.05) is 19.0 Å². The first-order valence-corrected chi connectivity index (χ1v) is 6.44. The maximum Gasteiger partial charge on any atom is 0.389 e. The molecule has 2 aliphatic carbocycles. The Bertz CT molecular complexity index is 305. The van der Waals surface area contributed by atoms with Crippen molar-refractivity contribution in [3.63, 3.8) is 0 Å². The monoisotopic (exact) mass is 249 g/mol. The van der Waals surface area contributed by atoms with Crippen LogP contribution in [-0.2, 0) is 0 Å². The lowest BCUT2D eigenvalue weighted by Gasteiger charge is -2.28. The van der Waals surface area contributed by atoms with Gasteiger partial charge in [0.25, 0.3) is 0 Å². The Morgan fingerprint density at radius 2 is 1.94 bits per heavy atom. The molecule has 2 nitrogen and oxygen atoms in total. The number of aliphatic hydroxyl groups excluding tert-OH is 1. The van der Waals surface area contributed by atoms with E-state index in [1.54, 1.807) is 0 Å². The van der Waals surface area contributed by atoms with Crippen LogP contribution in [0.2, 0.25) is 0 Å². The molecule has 17 heavy (non-hydrogen) atoms. The Morgan fingerprint density at radius 1 is 1.18 bits per heavy atom. The molecule has 5 atom stereocenters. The van der Waals surface area contributed by atoms with Gasteiger partial charge in [-0.05, 0) is 43.6 Å². The number of aliphatic hydroxyl groups is 1. The second-order valence-electron chi connectivity index (χ2n) is 5.85. The summed E-state index contributed by atoms with van der Waals surface area (Å²) in [5.41, 5.74) is 0. The number of rotatable bonds is 3. The Kier molecular flexibility index (Phi) is 2.67. The number of hydrogen-bond donors (Lipinski definition) is 1. The largest absolute Gasteiger partial charge is 0.391 e. The van der Waals surface area contributed by atoms with Crippen molar-refractivity contribution < 1.29 is 18.3 Å². The summed E-state index contributed by atoms with van der Waals surface area (Å²) < 4.78 is 36.3. The van der Waals surface area contributed by atoms with E-state index < -0.39 is 12.6 Å². The summed E-state index contributed by atoms with van der Waals surface area (Å²) in [6, 6.07) is 0.159. The third kappa shape index (κ3) is 1.97. The Morgan fingerprint density at radius 3 is 2.59 bits per heavy atom. The van der Waals surface area contributed by atoms with Crippen molar-refractivity contribution in [2.45, 2.75) is 44.0 Å². The number of halogens is 3. The normalized spacial score (nSPS) is 44.8. The quantitative estimate of drug-likeness (QED) is 0.827. The average molecular weight is 249 g/mol. The van der Waals surface area contributed by atoms with Gasteiger partial charge < -0.3 is 5.11 Å². The lowest BCUT2D eigenvalue weighted by molar-refractivity contribution is -0.136. The van der Waals surface area contributed by atoms with E-state index in [9.17, 15) is 18.3 Å². The highest BCUT2D eigenvalue weighted by Crippen LogP contribution is 2.54. The van der Waals surface area contributed by atoms with Crippen molar-refractivity contribution >= 4 is 0 Å². The van der Waals surface area contributed by atoms with Gasteiger partial charge in [-0.25, -0.2) is 0 Å². The summed E-state index contributed by atoms with van der Waals surface area (Å²) in [6.07, 6.45) is -2.70. The molecule has 1 aliphatic heterocycles. The van der Waals surface area contributed by atoms with Crippen LogP contribution in [0.3, 0.4) is 0 Å². The summed E-state index contributed by atoms with van der Waals surface area (Å²) in [4.78, 5) is 2.11. The molecule has 1 saturated heterocycles. The van der Waals surface area contributed by atoms with E-state index in [0.717, 1.165) is 19.4 Å². The lowest BCUT2D eigenvalue weighted by Crippen LogP contribution is -2.41. The lowest BCUT2D eigenvalue weighted by atomic mass is 9.88. The third-order valence-corrected chi connectivity index (χ3v) is 4.85. The molecule has 0 aromatic carbocycles. The number of nitrogens with zero attached hydrogens (tertiary/aromatic N) is 1. The van der Waals surface area contributed by atoms with E-state index in [0.29, 0.717) is 24.3 Å². The second kappa shape index (κ2) is 3.85. The summed E-state index contributed by atoms with van der Waals surface area (Å²) in [7, 11) is 0. The highest BCUT2D eigenvalue weighted by atomic mass is 19.4. The number of alkyl halides is 3. The van der Waals surface area contributed by atoms with Crippen molar-refractivity contribution in [1.82, 2.24) is 4.90 Å². The van der Waals surface area contributed by atoms with Gasteiger partial charge >= 0.3 is 6.18 Å². The minimum absolute atomic E-state index is 0.159. The van der Waals surface area contributed by atoms with E-state index in [1.807, 2.05) is 0 Å². The second-order valence-corrected chi connectivity index (χ2v) is 5.85. The summed E-state index contributed by atoms with van der Waals surface area (Å²) in [5.74, 6) is 1.61. The first kappa shape index (κ1) is 11.8. The van der Waals surface area contributed by atoms with E-state index in [2.05, 4.69) is 4.90 Å². The molecular weight excluding hydrogens is 231 g/mol. The molecule has 5 heteroatoms. The van der Waals surface area contributed by atoms with Gasteiger partial charge in [0.05, 0.1) is 6.10 Å². The number of hydrogen-bond acceptors (Lipinski definition) is 2. The molecular formula is C12H18F3NO. The maximum atomic E-state index is 12.1. The molecule has 0 aromatic rings. The summed E-state index contributed by atoms with van der Waals surface area (Å²) in [6.45, 7) is 1.39. The van der Waals surface area contributed by atoms with Crippen LogP contribution in [0.15, 0.2) is 0 Å². The fraction of sp³-hybridized carbons (Fsp3) is 1.00. The topological polar surface area (TPSA) is 23.5 Å². The van der Waals surface area contributed by atoms with Gasteiger partial charge in [-0.3, -0.25) is 4.90 Å². The van der Waals surface area contributed by atoms with Gasteiger partial charge in [-0.2, -0.15) is 13.2 Å². The van der Waals surface area contributed by atoms with Crippen molar-refractivity contribution in [2.75, 3.05) is 13.1 Å². The third-order valence-electron chi connectivity index (χ3n) is 4.85. The van der Waals surface area contributed by atoms with Crippen LogP contribution in [0.25, 0.3) is 0 Å². The highest BCUT2D eigenvalue weighted by molar-refractivity contribution is 5.10. The van der Waals surface area contributed by atoms with Crippen LogP contribution in [-0.4, -0.2) is 41.4 Å². The van der Waals surface area contributed by atoms with Gasteiger partial charge in [0.15, 0.2) is 0 Å². The fourth-order valence-corrected chi connectivity index (χ4v) is 4.27. The predicted molar refractivity (Wildman–Crippen MR) is 56.4 cm³/mol. The molecule has 2 saturated carbocycles. The van der Waals surface area contributed by atoms with Crippen molar-refractivity contribution in [2.24, 2.45) is 17.8 Å². The minimum Gasteiger partial charge on any atom is -0.391 e. The first-order valence-electron chi connectivity index (χ1n) is 6.44. The van der Waals surface area contributed by atoms with Gasteiger partial charge in [0.2, 0.25) is 0 Å². The fourth-order valence-electron chi connectivity index (χ4n) is 4.27. The zero-order chi connectivity index (χ0) is 12.2. The smallest absolute Gasteiger partial charge is 0.389 e. The van der Waals surface area contributed by atoms with Crippen molar-refractivity contribution in [1.29, 1.82) is 0 Å². The van der Waals surface area contributed by atoms with Gasteiger partial charge in [-0.1, -0.05) is 0 Å². The molecule has 1 heterocycles. The summed E-state index contributed by atoms with van der Waals surface area (Å²) >= 11 is 0. The molecule has 0 aromatic heterocycles. The van der Waals surface area contributed by atoms with Crippen LogP contribution >= 0.6 is 0 Å². The zero-order valence-corrected chi connectivity index (χ0v) is 9.66. The van der Waals surface area contributed by atoms with Crippen LogP contribution in [0.5, 0.6) is 0 Å². The van der Waals surface area contributed by atoms with Crippen LogP contribution in [0.1, 0.15) is 25.7 Å². The molecule has 98 valence electrons. The number of fused-ring (bicyclic) bond motifs is 1. The van der Waals surface area contributed by atoms with E-state index in [1.165, 1.54) is 0 Å². The van der Waals surface area contributed by atoms with Gasteiger partial charge in [-0.15, -0.1) is 0 Å². The molecule has 0 radical (unpaired) electrons. The molecule has 2 bridgehead atoms. The molecule has 3 fully saturated rings. The van der Waals surface area contributed by atoms with Crippen molar-refractivity contribution in [3.8, 4) is 0 Å². The first-order chi connectivity index (χ1) is 7.96. The summed E-state index contributed by atoms with van der Waals surface area (Å²) in [5, 5.41) is 10.1. The SMILES string of the molecule is OC1C2CC3CN(CCCC(F)(F)F)C1C3C2. The van der Waals surface area contributed by atoms with Crippen LogP contribution in [0.4, 0.5) is 13.2 Å². The maximum absolute atomic E-state index is 12.1. The molecule has 0 amide bonds. The molecule has 3 rings (SSSR count). The van der Waals surface area contributed by atoms with Crippen LogP contribution < -0.4 is 0 Å². The molecule has 0 spiro atoms. The highest BCUT2D eigenvalue weighted by Gasteiger charge is 2.58. The van der Waals surface area contributed by atoms with E-state index in [4.69, 9.17) is 0 Å². The van der Waals surface area contributed by atoms with Crippen molar-refractivity contribution in [3.05, 3.63) is 0 Å². The molecule has 5 unspecified atom stereocenters. The zero-order valence-electron chi connectivity index (χ0n) is 9.66. The van der Waals surface area contributed by atoms with E-state index >= 15 is 0 Å². The van der Waals surface area contributed by atoms with Gasteiger partial charge in [0.1, 0.15) is 0 Å². The average Bonchev–Trinajstić information content (AvgIpc) is 2.76. The molecule has 1 N–H and O–H groups in total. The minimum atomic E-state index is -4.05. The standard InChI is InChI=1S/C12H18F3NO/c13-12(14,15)2-1-3-16-6-8-4-7-5-9(8)10(16)11(7)17/h7-11,17H,1-6H2. The molecule has 3 aliphatic rings. The van der Waals surface area contributed by atoms with E-state index in [-0.39, 0.29) is 18.6 Å². The predicted octanol–water partition coefficient (Wildman–Crippen LogP) is 2.03. The van der Waals surface area contributed by atoms with Crippen LogP contribution in [0, 0.1) is 17.8 Å². The Hall–Kier alpha value is -0.290. The number of likely N-dealkylation sites (tertiary alicyclic amines) is 1. The Labute approximate surface area is 98.8 Å². The Balaban J connectivity index is 1.56.